The van der Waals surface area contributed by atoms with Crippen molar-refractivity contribution < 1.29 is 22.4 Å². The Hall–Kier alpha value is -3.49. The topological polar surface area (TPSA) is 58.1 Å². The molecule has 2 heterocycles. The Kier molecular flexibility index (Phi) is 6.31. The fraction of sp³-hybridized carbons (Fsp3) is 0.292. The molecule has 0 radical (unpaired) electrons. The van der Waals surface area contributed by atoms with Crippen LogP contribution in [-0.2, 0) is 19.0 Å². The number of nitrogens with zero attached hydrogens (tertiary/aromatic N) is 3. The monoisotopic (exact) mass is 458 g/mol. The molecule has 0 spiro atoms. The van der Waals surface area contributed by atoms with Crippen LogP contribution < -0.4 is 10.2 Å². The molecule has 1 aromatic heterocycles. The van der Waals surface area contributed by atoms with Gasteiger partial charge in [0.05, 0.1) is 11.3 Å². The van der Waals surface area contributed by atoms with Crippen LogP contribution in [0.3, 0.4) is 0 Å². The van der Waals surface area contributed by atoms with Crippen LogP contribution in [0, 0.1) is 5.82 Å². The molecule has 0 unspecified atom stereocenters. The molecule has 0 bridgehead atoms. The van der Waals surface area contributed by atoms with Crippen molar-refractivity contribution >= 4 is 17.4 Å². The minimum atomic E-state index is -4.63. The van der Waals surface area contributed by atoms with Crippen LogP contribution in [0.4, 0.5) is 29.1 Å². The summed E-state index contributed by atoms with van der Waals surface area (Å²) in [5, 5.41) is 2.90. The Labute approximate surface area is 188 Å². The lowest BCUT2D eigenvalue weighted by Gasteiger charge is -2.19. The van der Waals surface area contributed by atoms with Gasteiger partial charge in [0.2, 0.25) is 0 Å². The number of hydrogen-bond acceptors (Lipinski definition) is 4. The molecule has 33 heavy (non-hydrogen) atoms. The van der Waals surface area contributed by atoms with Gasteiger partial charge in [0.15, 0.2) is 0 Å². The number of anilines is 2. The molecule has 1 aliphatic heterocycles. The van der Waals surface area contributed by atoms with Crippen molar-refractivity contribution in [1.82, 2.24) is 15.3 Å². The van der Waals surface area contributed by atoms with Crippen molar-refractivity contribution in [3.63, 3.8) is 0 Å². The van der Waals surface area contributed by atoms with E-state index in [0.717, 1.165) is 29.8 Å². The molecule has 0 saturated carbocycles. The summed E-state index contributed by atoms with van der Waals surface area (Å²) in [5.41, 5.74) is 2.00. The van der Waals surface area contributed by atoms with Crippen LogP contribution in [0.5, 0.6) is 0 Å². The third-order valence-electron chi connectivity index (χ3n) is 5.46. The summed E-state index contributed by atoms with van der Waals surface area (Å²) in [6.45, 7) is 3.18. The van der Waals surface area contributed by atoms with Crippen LogP contribution in [0.25, 0.3) is 0 Å². The predicted molar refractivity (Wildman–Crippen MR) is 116 cm³/mol. The highest BCUT2D eigenvalue weighted by Gasteiger charge is 2.31. The van der Waals surface area contributed by atoms with Crippen molar-refractivity contribution in [2.75, 3.05) is 18.0 Å². The molecule has 9 heteroatoms. The molecular weight excluding hydrogens is 436 g/mol. The SMILES string of the molecule is CCCNC(=O)c1cccc2c1CCN2c1cc(Cc2cc(F)cc(C(F)(F)F)c2)ncn1. The van der Waals surface area contributed by atoms with Crippen molar-refractivity contribution in [2.24, 2.45) is 0 Å². The second-order valence-corrected chi connectivity index (χ2v) is 7.85. The molecule has 0 atom stereocenters. The number of halogens is 4. The van der Waals surface area contributed by atoms with Gasteiger partial charge >= 0.3 is 6.18 Å². The smallest absolute Gasteiger partial charge is 0.352 e. The third-order valence-corrected chi connectivity index (χ3v) is 5.46. The van der Waals surface area contributed by atoms with Gasteiger partial charge in [-0.25, -0.2) is 14.4 Å². The maximum absolute atomic E-state index is 13.8. The summed E-state index contributed by atoms with van der Waals surface area (Å²) >= 11 is 0. The van der Waals surface area contributed by atoms with E-state index in [1.165, 1.54) is 6.33 Å². The van der Waals surface area contributed by atoms with E-state index >= 15 is 0 Å². The van der Waals surface area contributed by atoms with E-state index in [2.05, 4.69) is 15.3 Å². The quantitative estimate of drug-likeness (QED) is 0.525. The number of aromatic nitrogens is 2. The van der Waals surface area contributed by atoms with Gasteiger partial charge in [0.25, 0.3) is 5.91 Å². The van der Waals surface area contributed by atoms with Crippen LogP contribution in [0.15, 0.2) is 48.8 Å². The Morgan fingerprint density at radius 1 is 1.15 bits per heavy atom. The highest BCUT2D eigenvalue weighted by molar-refractivity contribution is 5.98. The van der Waals surface area contributed by atoms with E-state index in [-0.39, 0.29) is 17.9 Å². The largest absolute Gasteiger partial charge is 0.416 e. The molecule has 2 aromatic carbocycles. The summed E-state index contributed by atoms with van der Waals surface area (Å²) in [6, 6.07) is 9.66. The zero-order valence-corrected chi connectivity index (χ0v) is 17.9. The number of alkyl halides is 3. The molecule has 4 rings (SSSR count). The van der Waals surface area contributed by atoms with Gasteiger partial charge < -0.3 is 10.2 Å². The molecule has 172 valence electrons. The molecule has 5 nitrogen and oxygen atoms in total. The molecular formula is C24H22F4N4O. The standard InChI is InChI=1S/C24H22F4N4O/c1-2-7-29-23(33)20-4-3-5-21-19(20)6-8-32(21)22-13-18(30-14-31-22)11-15-9-16(24(26,27)28)12-17(25)10-15/h3-5,9-10,12-14H,2,6-8,11H2,1H3,(H,29,33). The van der Waals surface area contributed by atoms with Gasteiger partial charge in [0, 0.05) is 36.8 Å². The number of benzene rings is 2. The number of rotatable bonds is 6. The number of amides is 1. The predicted octanol–water partition coefficient (Wildman–Crippen LogP) is 5.06. The van der Waals surface area contributed by atoms with Crippen LogP contribution in [0.2, 0.25) is 0 Å². The van der Waals surface area contributed by atoms with Gasteiger partial charge in [-0.2, -0.15) is 13.2 Å². The fourth-order valence-corrected chi connectivity index (χ4v) is 3.97. The lowest BCUT2D eigenvalue weighted by molar-refractivity contribution is -0.137. The first-order chi connectivity index (χ1) is 15.8. The normalized spacial score (nSPS) is 13.2. The van der Waals surface area contributed by atoms with E-state index < -0.39 is 17.6 Å². The number of fused-ring (bicyclic) bond motifs is 1. The van der Waals surface area contributed by atoms with Crippen molar-refractivity contribution in [3.05, 3.63) is 82.6 Å². The van der Waals surface area contributed by atoms with Crippen LogP contribution in [-0.4, -0.2) is 29.0 Å². The molecule has 0 aliphatic carbocycles. The Bertz CT molecular complexity index is 1180. The highest BCUT2D eigenvalue weighted by Crippen LogP contribution is 2.36. The van der Waals surface area contributed by atoms with Gasteiger partial charge in [-0.05, 0) is 54.3 Å². The van der Waals surface area contributed by atoms with Crippen LogP contribution >= 0.6 is 0 Å². The molecule has 3 aromatic rings. The number of carbonyl (C=O) groups excluding carboxylic acids is 1. The summed E-state index contributed by atoms with van der Waals surface area (Å²) in [6.07, 6.45) is -1.77. The maximum atomic E-state index is 13.8. The molecule has 1 aliphatic rings. The van der Waals surface area contributed by atoms with Gasteiger partial charge in [-0.1, -0.05) is 13.0 Å². The lowest BCUT2D eigenvalue weighted by Crippen LogP contribution is -2.25. The first kappa shape index (κ1) is 22.7. The van der Waals surface area contributed by atoms with E-state index in [4.69, 9.17) is 0 Å². The first-order valence-electron chi connectivity index (χ1n) is 10.6. The van der Waals surface area contributed by atoms with E-state index in [1.807, 2.05) is 24.0 Å². The summed E-state index contributed by atoms with van der Waals surface area (Å²) in [4.78, 5) is 22.9. The molecule has 0 saturated heterocycles. The minimum absolute atomic E-state index is 0.0243. The second-order valence-electron chi connectivity index (χ2n) is 7.85. The Balaban J connectivity index is 1.60. The van der Waals surface area contributed by atoms with Gasteiger partial charge in [-0.3, -0.25) is 4.79 Å². The molecule has 1 N–H and O–H groups in total. The van der Waals surface area contributed by atoms with Crippen molar-refractivity contribution in [1.29, 1.82) is 0 Å². The molecule has 0 fully saturated rings. The Morgan fingerprint density at radius 2 is 1.97 bits per heavy atom. The van der Waals surface area contributed by atoms with Crippen LogP contribution in [0.1, 0.15) is 46.1 Å². The van der Waals surface area contributed by atoms with E-state index in [1.54, 1.807) is 12.1 Å². The summed E-state index contributed by atoms with van der Waals surface area (Å²) in [5.74, 6) is -0.501. The minimum Gasteiger partial charge on any atom is -0.352 e. The third kappa shape index (κ3) is 4.97. The first-order valence-corrected chi connectivity index (χ1v) is 10.6. The van der Waals surface area contributed by atoms with Gasteiger partial charge in [-0.15, -0.1) is 0 Å². The fourth-order valence-electron chi connectivity index (χ4n) is 3.97. The highest BCUT2D eigenvalue weighted by atomic mass is 19.4. The van der Waals surface area contributed by atoms with E-state index in [9.17, 15) is 22.4 Å². The summed E-state index contributed by atoms with van der Waals surface area (Å²) in [7, 11) is 0. The van der Waals surface area contributed by atoms with Gasteiger partial charge in [0.1, 0.15) is 18.0 Å². The maximum Gasteiger partial charge on any atom is 0.416 e. The number of carbonyl (C=O) groups is 1. The zero-order chi connectivity index (χ0) is 23.6. The average Bonchev–Trinajstić information content (AvgIpc) is 3.21. The van der Waals surface area contributed by atoms with Crippen molar-refractivity contribution in [2.45, 2.75) is 32.4 Å². The lowest BCUT2D eigenvalue weighted by atomic mass is 10.0. The summed E-state index contributed by atoms with van der Waals surface area (Å²) < 4.78 is 52.8. The molecule has 1 amide bonds. The van der Waals surface area contributed by atoms with Crippen molar-refractivity contribution in [3.8, 4) is 0 Å². The zero-order valence-electron chi connectivity index (χ0n) is 17.9. The number of nitrogens with one attached hydrogen (secondary N) is 1. The number of hydrogen-bond donors (Lipinski definition) is 1. The second kappa shape index (κ2) is 9.17. The Morgan fingerprint density at radius 3 is 2.73 bits per heavy atom. The van der Waals surface area contributed by atoms with E-state index in [0.29, 0.717) is 42.7 Å². The average molecular weight is 458 g/mol.